The summed E-state index contributed by atoms with van der Waals surface area (Å²) in [4.78, 5) is 2.29. The summed E-state index contributed by atoms with van der Waals surface area (Å²) >= 11 is 0. The van der Waals surface area contributed by atoms with Crippen LogP contribution >= 0.6 is 0 Å². The van der Waals surface area contributed by atoms with E-state index in [2.05, 4.69) is 64.9 Å². The van der Waals surface area contributed by atoms with E-state index in [1.54, 1.807) is 0 Å². The summed E-state index contributed by atoms with van der Waals surface area (Å²) in [5, 5.41) is 0. The van der Waals surface area contributed by atoms with E-state index in [1.807, 2.05) is 0 Å². The van der Waals surface area contributed by atoms with Crippen LogP contribution in [0.3, 0.4) is 0 Å². The van der Waals surface area contributed by atoms with E-state index in [0.29, 0.717) is 0 Å². The second-order valence-electron chi connectivity index (χ2n) is 5.54. The molecule has 0 aromatic heterocycles. The standard InChI is InChI=1S/C16H28N2/c1-7-16(8-2,18(5)6)15(17)14-10-9-12(3)11-13(14)4/h9-11,15H,7-8,17H2,1-6H3. The van der Waals surface area contributed by atoms with Crippen molar-refractivity contribution in [2.75, 3.05) is 14.1 Å². The molecule has 0 saturated heterocycles. The van der Waals surface area contributed by atoms with Crippen LogP contribution in [0.1, 0.15) is 49.4 Å². The summed E-state index contributed by atoms with van der Waals surface area (Å²) < 4.78 is 0. The molecular formula is C16H28N2. The minimum Gasteiger partial charge on any atom is -0.322 e. The van der Waals surface area contributed by atoms with Crippen LogP contribution in [0.5, 0.6) is 0 Å². The lowest BCUT2D eigenvalue weighted by molar-refractivity contribution is 0.105. The zero-order valence-corrected chi connectivity index (χ0v) is 12.7. The Bertz CT molecular complexity index is 392. The topological polar surface area (TPSA) is 29.3 Å². The monoisotopic (exact) mass is 248 g/mol. The number of hydrogen-bond acceptors (Lipinski definition) is 2. The van der Waals surface area contributed by atoms with Crippen LogP contribution < -0.4 is 5.73 Å². The Labute approximate surface area is 112 Å². The van der Waals surface area contributed by atoms with Crippen molar-refractivity contribution in [2.45, 2.75) is 52.1 Å². The predicted octanol–water partition coefficient (Wildman–Crippen LogP) is 3.42. The number of aryl methyl sites for hydroxylation is 2. The summed E-state index contributed by atoms with van der Waals surface area (Å²) in [6.45, 7) is 8.74. The normalized spacial score (nSPS) is 14.0. The van der Waals surface area contributed by atoms with Gasteiger partial charge < -0.3 is 10.6 Å². The zero-order valence-electron chi connectivity index (χ0n) is 12.7. The first-order valence-electron chi connectivity index (χ1n) is 6.89. The van der Waals surface area contributed by atoms with Crippen molar-refractivity contribution in [1.29, 1.82) is 0 Å². The summed E-state index contributed by atoms with van der Waals surface area (Å²) in [5.41, 5.74) is 10.5. The maximum atomic E-state index is 6.61. The van der Waals surface area contributed by atoms with Gasteiger partial charge in [-0.2, -0.15) is 0 Å². The molecule has 0 amide bonds. The Balaban J connectivity index is 3.21. The first-order valence-corrected chi connectivity index (χ1v) is 6.89. The van der Waals surface area contributed by atoms with Crippen molar-refractivity contribution in [3.05, 3.63) is 34.9 Å². The van der Waals surface area contributed by atoms with Crippen LogP contribution in [-0.4, -0.2) is 24.5 Å². The first kappa shape index (κ1) is 15.2. The summed E-state index contributed by atoms with van der Waals surface area (Å²) in [6.07, 6.45) is 2.12. The van der Waals surface area contributed by atoms with Crippen molar-refractivity contribution in [3.8, 4) is 0 Å². The molecule has 2 heteroatoms. The number of hydrogen-bond donors (Lipinski definition) is 1. The predicted molar refractivity (Wildman–Crippen MR) is 79.8 cm³/mol. The molecule has 1 unspecified atom stereocenters. The molecule has 0 radical (unpaired) electrons. The van der Waals surface area contributed by atoms with E-state index in [1.165, 1.54) is 16.7 Å². The molecule has 2 N–H and O–H groups in total. The maximum absolute atomic E-state index is 6.61. The SMILES string of the molecule is CCC(CC)(C(N)c1ccc(C)cc1C)N(C)C. The van der Waals surface area contributed by atoms with Gasteiger partial charge in [0.25, 0.3) is 0 Å². The van der Waals surface area contributed by atoms with Gasteiger partial charge in [-0.3, -0.25) is 0 Å². The molecule has 18 heavy (non-hydrogen) atoms. The molecule has 1 atom stereocenters. The number of likely N-dealkylation sites (N-methyl/N-ethyl adjacent to an activating group) is 1. The van der Waals surface area contributed by atoms with Gasteiger partial charge in [0, 0.05) is 11.6 Å². The van der Waals surface area contributed by atoms with Crippen LogP contribution in [0.15, 0.2) is 18.2 Å². The fourth-order valence-electron chi connectivity index (χ4n) is 3.06. The molecule has 1 aromatic carbocycles. The molecule has 0 aliphatic heterocycles. The third-order valence-corrected chi connectivity index (χ3v) is 4.45. The van der Waals surface area contributed by atoms with Gasteiger partial charge >= 0.3 is 0 Å². The van der Waals surface area contributed by atoms with Gasteiger partial charge in [0.2, 0.25) is 0 Å². The molecule has 0 aliphatic rings. The highest BCUT2D eigenvalue weighted by molar-refractivity contribution is 5.34. The summed E-state index contributed by atoms with van der Waals surface area (Å²) in [6, 6.07) is 6.64. The Hall–Kier alpha value is -0.860. The van der Waals surface area contributed by atoms with Crippen LogP contribution in [0.4, 0.5) is 0 Å². The molecular weight excluding hydrogens is 220 g/mol. The molecule has 102 valence electrons. The number of nitrogens with two attached hydrogens (primary N) is 1. The number of nitrogens with zero attached hydrogens (tertiary/aromatic N) is 1. The third-order valence-electron chi connectivity index (χ3n) is 4.45. The quantitative estimate of drug-likeness (QED) is 0.865. The largest absolute Gasteiger partial charge is 0.322 e. The molecule has 0 bridgehead atoms. The van der Waals surface area contributed by atoms with Crippen LogP contribution in [0.2, 0.25) is 0 Å². The van der Waals surface area contributed by atoms with Crippen LogP contribution in [-0.2, 0) is 0 Å². The van der Waals surface area contributed by atoms with Crippen molar-refractivity contribution >= 4 is 0 Å². The Morgan fingerprint density at radius 2 is 1.72 bits per heavy atom. The molecule has 0 fully saturated rings. The van der Waals surface area contributed by atoms with Crippen molar-refractivity contribution < 1.29 is 0 Å². The maximum Gasteiger partial charge on any atom is 0.0484 e. The number of benzene rings is 1. The van der Waals surface area contributed by atoms with Gasteiger partial charge in [-0.1, -0.05) is 37.6 Å². The molecule has 0 saturated carbocycles. The molecule has 1 rings (SSSR count). The summed E-state index contributed by atoms with van der Waals surface area (Å²) in [5.74, 6) is 0. The molecule has 0 aliphatic carbocycles. The number of rotatable bonds is 5. The lowest BCUT2D eigenvalue weighted by Crippen LogP contribution is -2.51. The fourth-order valence-corrected chi connectivity index (χ4v) is 3.06. The molecule has 2 nitrogen and oxygen atoms in total. The van der Waals surface area contributed by atoms with E-state index in [9.17, 15) is 0 Å². The minimum atomic E-state index is 0.0417. The van der Waals surface area contributed by atoms with E-state index in [4.69, 9.17) is 5.73 Å². The Morgan fingerprint density at radius 3 is 2.11 bits per heavy atom. The second kappa shape index (κ2) is 5.85. The smallest absolute Gasteiger partial charge is 0.0484 e. The van der Waals surface area contributed by atoms with E-state index in [-0.39, 0.29) is 11.6 Å². The van der Waals surface area contributed by atoms with E-state index in [0.717, 1.165) is 12.8 Å². The second-order valence-corrected chi connectivity index (χ2v) is 5.54. The molecule has 0 spiro atoms. The highest BCUT2D eigenvalue weighted by Gasteiger charge is 2.36. The lowest BCUT2D eigenvalue weighted by Gasteiger charge is -2.44. The van der Waals surface area contributed by atoms with Crippen molar-refractivity contribution in [2.24, 2.45) is 5.73 Å². The Kier molecular flexibility index (Phi) is 4.94. The van der Waals surface area contributed by atoms with E-state index >= 15 is 0 Å². The lowest BCUT2D eigenvalue weighted by atomic mass is 9.79. The highest BCUT2D eigenvalue weighted by atomic mass is 15.2. The fraction of sp³-hybridized carbons (Fsp3) is 0.625. The van der Waals surface area contributed by atoms with Crippen LogP contribution in [0, 0.1) is 13.8 Å². The van der Waals surface area contributed by atoms with E-state index < -0.39 is 0 Å². The summed E-state index contributed by atoms with van der Waals surface area (Å²) in [7, 11) is 4.27. The van der Waals surface area contributed by atoms with Crippen LogP contribution in [0.25, 0.3) is 0 Å². The van der Waals surface area contributed by atoms with Gasteiger partial charge in [0.05, 0.1) is 0 Å². The van der Waals surface area contributed by atoms with Gasteiger partial charge in [0.15, 0.2) is 0 Å². The Morgan fingerprint density at radius 1 is 1.17 bits per heavy atom. The van der Waals surface area contributed by atoms with Crippen molar-refractivity contribution in [1.82, 2.24) is 4.90 Å². The molecule has 1 aromatic rings. The minimum absolute atomic E-state index is 0.0417. The third kappa shape index (κ3) is 2.60. The average Bonchev–Trinajstić information content (AvgIpc) is 2.30. The van der Waals surface area contributed by atoms with Gasteiger partial charge in [-0.05, 0) is 51.9 Å². The zero-order chi connectivity index (χ0) is 13.9. The van der Waals surface area contributed by atoms with Gasteiger partial charge in [0.1, 0.15) is 0 Å². The van der Waals surface area contributed by atoms with Crippen molar-refractivity contribution in [3.63, 3.8) is 0 Å². The average molecular weight is 248 g/mol. The van der Waals surface area contributed by atoms with Gasteiger partial charge in [-0.25, -0.2) is 0 Å². The molecule has 0 heterocycles. The van der Waals surface area contributed by atoms with Gasteiger partial charge in [-0.15, -0.1) is 0 Å². The first-order chi connectivity index (χ1) is 8.39. The highest BCUT2D eigenvalue weighted by Crippen LogP contribution is 2.35.